The molecule has 0 radical (unpaired) electrons. The van der Waals surface area contributed by atoms with Gasteiger partial charge in [-0.3, -0.25) is 0 Å². The maximum atomic E-state index is 11.7. The van der Waals surface area contributed by atoms with Crippen LogP contribution in [0.5, 0.6) is 0 Å². The van der Waals surface area contributed by atoms with Crippen molar-refractivity contribution in [3.05, 3.63) is 0 Å². The van der Waals surface area contributed by atoms with Crippen LogP contribution in [0.3, 0.4) is 0 Å². The molecule has 0 aromatic carbocycles. The van der Waals surface area contributed by atoms with Crippen molar-refractivity contribution in [2.75, 3.05) is 24.6 Å². The molecule has 19 heavy (non-hydrogen) atoms. The summed E-state index contributed by atoms with van der Waals surface area (Å²) in [6.07, 6.45) is 1.71. The fourth-order valence-corrected chi connectivity index (χ4v) is 5.03. The minimum absolute atomic E-state index is 0.0161. The lowest BCUT2D eigenvalue weighted by Gasteiger charge is -2.12. The highest BCUT2D eigenvalue weighted by atomic mass is 32.2. The molecule has 1 unspecified atom stereocenters. The minimum Gasteiger partial charge on any atom is -0.314 e. The Morgan fingerprint density at radius 2 is 2.00 bits per heavy atom. The van der Waals surface area contributed by atoms with Crippen LogP contribution < -0.4 is 10.0 Å². The maximum absolute atomic E-state index is 11.7. The SMILES string of the molecule is CC(C)NCCCS(=O)(=O)NCC1CCCS1(=O)=O. The van der Waals surface area contributed by atoms with Gasteiger partial charge in [0.1, 0.15) is 0 Å². The van der Waals surface area contributed by atoms with E-state index >= 15 is 0 Å². The fraction of sp³-hybridized carbons (Fsp3) is 1.00. The fourth-order valence-electron chi connectivity index (χ4n) is 2.03. The van der Waals surface area contributed by atoms with Crippen LogP contribution in [-0.4, -0.2) is 52.7 Å². The minimum atomic E-state index is -3.37. The molecule has 1 aliphatic heterocycles. The number of hydrogen-bond acceptors (Lipinski definition) is 5. The van der Waals surface area contributed by atoms with Gasteiger partial charge in [0.15, 0.2) is 9.84 Å². The molecule has 1 saturated heterocycles. The van der Waals surface area contributed by atoms with Gasteiger partial charge in [0, 0.05) is 12.6 Å². The van der Waals surface area contributed by atoms with Crippen molar-refractivity contribution in [2.45, 2.75) is 44.4 Å². The maximum Gasteiger partial charge on any atom is 0.211 e. The molecule has 6 nitrogen and oxygen atoms in total. The van der Waals surface area contributed by atoms with Crippen molar-refractivity contribution in [3.63, 3.8) is 0 Å². The summed E-state index contributed by atoms with van der Waals surface area (Å²) in [6.45, 7) is 4.65. The van der Waals surface area contributed by atoms with Gasteiger partial charge in [-0.1, -0.05) is 13.8 Å². The second-order valence-corrected chi connectivity index (χ2v) is 9.59. The van der Waals surface area contributed by atoms with Crippen molar-refractivity contribution in [3.8, 4) is 0 Å². The zero-order valence-electron chi connectivity index (χ0n) is 11.6. The molecule has 0 saturated carbocycles. The van der Waals surface area contributed by atoms with E-state index in [2.05, 4.69) is 10.0 Å². The Balaban J connectivity index is 2.31. The Bertz CT molecular complexity index is 471. The molecule has 0 bridgehead atoms. The molecule has 114 valence electrons. The topological polar surface area (TPSA) is 92.3 Å². The van der Waals surface area contributed by atoms with Crippen LogP contribution in [0.25, 0.3) is 0 Å². The molecule has 1 atom stereocenters. The smallest absolute Gasteiger partial charge is 0.211 e. The highest BCUT2D eigenvalue weighted by Gasteiger charge is 2.31. The summed E-state index contributed by atoms with van der Waals surface area (Å²) >= 11 is 0. The highest BCUT2D eigenvalue weighted by molar-refractivity contribution is 7.92. The van der Waals surface area contributed by atoms with Gasteiger partial charge in [0.05, 0.1) is 16.8 Å². The van der Waals surface area contributed by atoms with Crippen LogP contribution in [0, 0.1) is 0 Å². The summed E-state index contributed by atoms with van der Waals surface area (Å²) in [5, 5.41) is 2.59. The molecule has 8 heteroatoms. The van der Waals surface area contributed by atoms with Crippen LogP contribution in [0.1, 0.15) is 33.1 Å². The van der Waals surface area contributed by atoms with E-state index in [0.717, 1.165) is 0 Å². The lowest BCUT2D eigenvalue weighted by Crippen LogP contribution is -2.36. The lowest BCUT2D eigenvalue weighted by molar-refractivity contribution is 0.557. The van der Waals surface area contributed by atoms with Gasteiger partial charge in [-0.05, 0) is 25.8 Å². The lowest BCUT2D eigenvalue weighted by atomic mass is 10.2. The van der Waals surface area contributed by atoms with E-state index in [-0.39, 0.29) is 18.1 Å². The van der Waals surface area contributed by atoms with E-state index in [4.69, 9.17) is 0 Å². The molecule has 1 heterocycles. The third-order valence-electron chi connectivity index (χ3n) is 3.14. The van der Waals surface area contributed by atoms with Crippen molar-refractivity contribution in [1.82, 2.24) is 10.0 Å². The largest absolute Gasteiger partial charge is 0.314 e. The standard InChI is InChI=1S/C11H24N2O4S2/c1-10(2)12-6-4-8-19(16,17)13-9-11-5-3-7-18(11,14)15/h10-13H,3-9H2,1-2H3. The number of sulfonamides is 1. The van der Waals surface area contributed by atoms with Crippen molar-refractivity contribution >= 4 is 19.9 Å². The Morgan fingerprint density at radius 1 is 1.32 bits per heavy atom. The van der Waals surface area contributed by atoms with Gasteiger partial charge in [-0.2, -0.15) is 0 Å². The Hall–Kier alpha value is -0.180. The predicted molar refractivity (Wildman–Crippen MR) is 76.4 cm³/mol. The molecule has 1 aliphatic rings. The molecule has 2 N–H and O–H groups in total. The second kappa shape index (κ2) is 7.01. The summed E-state index contributed by atoms with van der Waals surface area (Å²) in [6, 6.07) is 0.333. The third-order valence-corrected chi connectivity index (χ3v) is 6.84. The zero-order valence-corrected chi connectivity index (χ0v) is 13.2. The highest BCUT2D eigenvalue weighted by Crippen LogP contribution is 2.19. The molecule has 0 aromatic rings. The molecule has 0 amide bonds. The first-order valence-electron chi connectivity index (χ1n) is 6.65. The van der Waals surface area contributed by atoms with Gasteiger partial charge in [0.2, 0.25) is 10.0 Å². The van der Waals surface area contributed by atoms with Crippen LogP contribution >= 0.6 is 0 Å². The molecule has 0 aromatic heterocycles. The van der Waals surface area contributed by atoms with Gasteiger partial charge in [-0.15, -0.1) is 0 Å². The average Bonchev–Trinajstić information content (AvgIpc) is 2.61. The molecular weight excluding hydrogens is 288 g/mol. The number of hydrogen-bond donors (Lipinski definition) is 2. The zero-order chi connectivity index (χ0) is 14.5. The van der Waals surface area contributed by atoms with E-state index < -0.39 is 25.1 Å². The summed E-state index contributed by atoms with van der Waals surface area (Å²) in [5.74, 6) is 0.206. The Kier molecular flexibility index (Phi) is 6.22. The van der Waals surface area contributed by atoms with Crippen molar-refractivity contribution < 1.29 is 16.8 Å². The molecule has 1 rings (SSSR count). The number of nitrogens with one attached hydrogen (secondary N) is 2. The van der Waals surface area contributed by atoms with Crippen LogP contribution in [0.2, 0.25) is 0 Å². The molecular formula is C11H24N2O4S2. The molecule has 1 fully saturated rings. The van der Waals surface area contributed by atoms with Crippen molar-refractivity contribution in [1.29, 1.82) is 0 Å². The van der Waals surface area contributed by atoms with E-state index in [9.17, 15) is 16.8 Å². The summed E-state index contributed by atoms with van der Waals surface area (Å²) < 4.78 is 49.0. The van der Waals surface area contributed by atoms with Gasteiger partial charge >= 0.3 is 0 Å². The third kappa shape index (κ3) is 6.20. The molecule has 0 spiro atoms. The molecule has 0 aliphatic carbocycles. The van der Waals surface area contributed by atoms with Gasteiger partial charge < -0.3 is 5.32 Å². The van der Waals surface area contributed by atoms with E-state index in [1.54, 1.807) is 0 Å². The van der Waals surface area contributed by atoms with Crippen LogP contribution in [-0.2, 0) is 19.9 Å². The summed E-state index contributed by atoms with van der Waals surface area (Å²) in [4.78, 5) is 0. The van der Waals surface area contributed by atoms with E-state index in [1.807, 2.05) is 13.8 Å². The predicted octanol–water partition coefficient (Wildman–Crippen LogP) is -0.129. The van der Waals surface area contributed by atoms with Crippen LogP contribution in [0.15, 0.2) is 0 Å². The number of rotatable bonds is 8. The first kappa shape index (κ1) is 16.9. The van der Waals surface area contributed by atoms with E-state index in [0.29, 0.717) is 31.8 Å². The van der Waals surface area contributed by atoms with Crippen molar-refractivity contribution in [2.24, 2.45) is 0 Å². The quantitative estimate of drug-likeness (QED) is 0.609. The summed E-state index contributed by atoms with van der Waals surface area (Å²) in [5.41, 5.74) is 0. The van der Waals surface area contributed by atoms with Gasteiger partial charge in [-0.25, -0.2) is 21.6 Å². The first-order chi connectivity index (χ1) is 8.73. The van der Waals surface area contributed by atoms with Gasteiger partial charge in [0.25, 0.3) is 0 Å². The first-order valence-corrected chi connectivity index (χ1v) is 10.0. The second-order valence-electron chi connectivity index (χ2n) is 5.26. The normalized spacial score (nSPS) is 23.0. The Labute approximate surface area is 116 Å². The van der Waals surface area contributed by atoms with Crippen LogP contribution in [0.4, 0.5) is 0 Å². The Morgan fingerprint density at radius 3 is 2.53 bits per heavy atom. The van der Waals surface area contributed by atoms with E-state index in [1.165, 1.54) is 0 Å². The number of sulfone groups is 1. The average molecular weight is 312 g/mol. The monoisotopic (exact) mass is 312 g/mol. The summed E-state index contributed by atoms with van der Waals surface area (Å²) in [7, 11) is -6.46.